The van der Waals surface area contributed by atoms with Gasteiger partial charge in [-0.3, -0.25) is 4.79 Å². The molecular formula is C22H21NO4S. The number of carbonyl (C=O) groups is 2. The first-order valence-electron chi connectivity index (χ1n) is 8.91. The monoisotopic (exact) mass is 395 g/mol. The van der Waals surface area contributed by atoms with Crippen LogP contribution in [0.4, 0.5) is 5.00 Å². The van der Waals surface area contributed by atoms with Gasteiger partial charge in [-0.1, -0.05) is 18.2 Å². The Balaban J connectivity index is 1.75. The summed E-state index contributed by atoms with van der Waals surface area (Å²) in [6.45, 7) is 5.80. The zero-order valence-electron chi connectivity index (χ0n) is 15.9. The third-order valence-corrected chi connectivity index (χ3v) is 5.31. The predicted molar refractivity (Wildman–Crippen MR) is 111 cm³/mol. The van der Waals surface area contributed by atoms with Crippen LogP contribution in [0, 0.1) is 13.8 Å². The summed E-state index contributed by atoms with van der Waals surface area (Å²) in [5, 5.41) is 3.34. The van der Waals surface area contributed by atoms with Crippen molar-refractivity contribution in [1.82, 2.24) is 0 Å². The van der Waals surface area contributed by atoms with E-state index in [4.69, 9.17) is 9.47 Å². The largest absolute Gasteiger partial charge is 0.462 e. The van der Waals surface area contributed by atoms with Gasteiger partial charge in [0.15, 0.2) is 0 Å². The number of thiophene rings is 1. The van der Waals surface area contributed by atoms with Gasteiger partial charge in [0.1, 0.15) is 16.5 Å². The first-order valence-corrected chi connectivity index (χ1v) is 9.72. The molecule has 28 heavy (non-hydrogen) atoms. The molecule has 1 N–H and O–H groups in total. The van der Waals surface area contributed by atoms with Crippen molar-refractivity contribution < 1.29 is 19.1 Å². The van der Waals surface area contributed by atoms with Crippen molar-refractivity contribution in [3.8, 4) is 11.5 Å². The Labute approximate surface area is 167 Å². The van der Waals surface area contributed by atoms with E-state index in [1.54, 1.807) is 31.2 Å². The molecule has 6 heteroatoms. The summed E-state index contributed by atoms with van der Waals surface area (Å²) in [4.78, 5) is 25.9. The van der Waals surface area contributed by atoms with Crippen molar-refractivity contribution in [2.75, 3.05) is 11.9 Å². The molecule has 0 aliphatic heterocycles. The number of aryl methyl sites for hydroxylation is 1. The maximum Gasteiger partial charge on any atom is 0.341 e. The Bertz CT molecular complexity index is 978. The zero-order valence-corrected chi connectivity index (χ0v) is 16.8. The molecule has 0 bridgehead atoms. The van der Waals surface area contributed by atoms with Crippen LogP contribution in [-0.4, -0.2) is 18.5 Å². The van der Waals surface area contributed by atoms with Crippen LogP contribution in [0.5, 0.6) is 11.5 Å². The number of nitrogens with one attached hydrogen (secondary N) is 1. The number of anilines is 1. The van der Waals surface area contributed by atoms with Crippen molar-refractivity contribution in [3.63, 3.8) is 0 Å². The van der Waals surface area contributed by atoms with Crippen molar-refractivity contribution in [2.24, 2.45) is 0 Å². The first kappa shape index (κ1) is 19.6. The van der Waals surface area contributed by atoms with Crippen LogP contribution in [0.1, 0.15) is 38.1 Å². The van der Waals surface area contributed by atoms with E-state index in [0.717, 1.165) is 16.2 Å². The van der Waals surface area contributed by atoms with E-state index < -0.39 is 5.97 Å². The topological polar surface area (TPSA) is 64.6 Å². The molecule has 0 saturated carbocycles. The molecule has 1 heterocycles. The minimum Gasteiger partial charge on any atom is -0.462 e. The molecule has 0 radical (unpaired) electrons. The average Bonchev–Trinajstić information content (AvgIpc) is 2.96. The lowest BCUT2D eigenvalue weighted by Crippen LogP contribution is -2.14. The number of carbonyl (C=O) groups excluding carboxylic acids is 2. The van der Waals surface area contributed by atoms with E-state index >= 15 is 0 Å². The van der Waals surface area contributed by atoms with Crippen LogP contribution in [0.25, 0.3) is 0 Å². The molecule has 5 nitrogen and oxygen atoms in total. The highest BCUT2D eigenvalue weighted by Gasteiger charge is 2.22. The highest BCUT2D eigenvalue weighted by atomic mass is 32.1. The maximum absolute atomic E-state index is 12.6. The Morgan fingerprint density at radius 1 is 0.964 bits per heavy atom. The minimum absolute atomic E-state index is 0.281. The molecule has 0 fully saturated rings. The number of benzene rings is 2. The molecule has 0 unspecified atom stereocenters. The fraction of sp³-hybridized carbons (Fsp3) is 0.182. The number of para-hydroxylation sites is 1. The molecule has 3 aromatic rings. The average molecular weight is 395 g/mol. The normalized spacial score (nSPS) is 10.4. The second kappa shape index (κ2) is 8.71. The lowest BCUT2D eigenvalue weighted by molar-refractivity contribution is 0.0527. The Hall–Kier alpha value is -3.12. The molecule has 0 saturated heterocycles. The van der Waals surface area contributed by atoms with Crippen LogP contribution in [0.2, 0.25) is 0 Å². The van der Waals surface area contributed by atoms with Gasteiger partial charge in [-0.2, -0.15) is 0 Å². The summed E-state index contributed by atoms with van der Waals surface area (Å²) in [5.74, 6) is 0.644. The minimum atomic E-state index is -0.425. The Morgan fingerprint density at radius 3 is 2.25 bits per heavy atom. The lowest BCUT2D eigenvalue weighted by atomic mass is 10.1. The van der Waals surface area contributed by atoms with E-state index in [1.165, 1.54) is 11.3 Å². The van der Waals surface area contributed by atoms with Gasteiger partial charge >= 0.3 is 5.97 Å². The summed E-state index contributed by atoms with van der Waals surface area (Å²) in [5.41, 5.74) is 1.71. The highest BCUT2D eigenvalue weighted by Crippen LogP contribution is 2.33. The van der Waals surface area contributed by atoms with Crippen LogP contribution >= 0.6 is 11.3 Å². The lowest BCUT2D eigenvalue weighted by Gasteiger charge is -2.08. The van der Waals surface area contributed by atoms with Crippen LogP contribution in [-0.2, 0) is 4.74 Å². The molecule has 3 rings (SSSR count). The second-order valence-corrected chi connectivity index (χ2v) is 7.33. The van der Waals surface area contributed by atoms with E-state index in [9.17, 15) is 9.59 Å². The molecule has 1 aromatic heterocycles. The Morgan fingerprint density at radius 2 is 1.61 bits per heavy atom. The van der Waals surface area contributed by atoms with Gasteiger partial charge < -0.3 is 14.8 Å². The van der Waals surface area contributed by atoms with Crippen molar-refractivity contribution >= 4 is 28.2 Å². The molecule has 1 amide bonds. The first-order chi connectivity index (χ1) is 13.5. The van der Waals surface area contributed by atoms with Gasteiger partial charge in [0, 0.05) is 10.4 Å². The maximum atomic E-state index is 12.6. The second-order valence-electron chi connectivity index (χ2n) is 6.10. The molecule has 144 valence electrons. The third-order valence-electron chi connectivity index (χ3n) is 4.19. The standard InChI is InChI=1S/C22H21NO4S/c1-4-26-22(25)19-14(2)15(3)28-21(19)23-20(24)16-10-12-18(13-11-16)27-17-8-6-5-7-9-17/h5-13H,4H2,1-3H3,(H,23,24). The molecular weight excluding hydrogens is 374 g/mol. The van der Waals surface area contributed by atoms with Crippen molar-refractivity contribution in [1.29, 1.82) is 0 Å². The van der Waals surface area contributed by atoms with E-state index in [0.29, 0.717) is 21.9 Å². The van der Waals surface area contributed by atoms with Crippen LogP contribution < -0.4 is 10.1 Å². The summed E-state index contributed by atoms with van der Waals surface area (Å²) < 4.78 is 10.9. The highest BCUT2D eigenvalue weighted by molar-refractivity contribution is 7.16. The van der Waals surface area contributed by atoms with Crippen LogP contribution in [0.15, 0.2) is 54.6 Å². The van der Waals surface area contributed by atoms with Gasteiger partial charge in [-0.15, -0.1) is 11.3 Å². The fourth-order valence-electron chi connectivity index (χ4n) is 2.64. The van der Waals surface area contributed by atoms with Gasteiger partial charge in [-0.25, -0.2) is 4.79 Å². The SMILES string of the molecule is CCOC(=O)c1c(NC(=O)c2ccc(Oc3ccccc3)cc2)sc(C)c1C. The summed E-state index contributed by atoms with van der Waals surface area (Å²) in [6, 6.07) is 16.3. The molecule has 2 aromatic carbocycles. The van der Waals surface area contributed by atoms with Gasteiger partial charge in [0.05, 0.1) is 12.2 Å². The van der Waals surface area contributed by atoms with E-state index in [1.807, 2.05) is 44.2 Å². The van der Waals surface area contributed by atoms with Gasteiger partial charge in [0.2, 0.25) is 0 Å². The summed E-state index contributed by atoms with van der Waals surface area (Å²) in [7, 11) is 0. The fourth-order valence-corrected chi connectivity index (χ4v) is 3.68. The zero-order chi connectivity index (χ0) is 20.1. The van der Waals surface area contributed by atoms with E-state index in [-0.39, 0.29) is 12.5 Å². The number of hydrogen-bond acceptors (Lipinski definition) is 5. The predicted octanol–water partition coefficient (Wildman–Crippen LogP) is 5.59. The van der Waals surface area contributed by atoms with Crippen molar-refractivity contribution in [3.05, 3.63) is 76.2 Å². The summed E-state index contributed by atoms with van der Waals surface area (Å²) in [6.07, 6.45) is 0. The number of hydrogen-bond donors (Lipinski definition) is 1. The Kier molecular flexibility index (Phi) is 6.11. The number of ether oxygens (including phenoxy) is 2. The number of esters is 1. The quantitative estimate of drug-likeness (QED) is 0.553. The molecule has 0 spiro atoms. The smallest absolute Gasteiger partial charge is 0.341 e. The van der Waals surface area contributed by atoms with Crippen molar-refractivity contribution in [2.45, 2.75) is 20.8 Å². The molecule has 0 atom stereocenters. The number of amides is 1. The van der Waals surface area contributed by atoms with Gasteiger partial charge in [-0.05, 0) is 62.7 Å². The van der Waals surface area contributed by atoms with E-state index in [2.05, 4.69) is 5.32 Å². The third kappa shape index (κ3) is 4.40. The number of rotatable bonds is 6. The molecule has 0 aliphatic carbocycles. The molecule has 0 aliphatic rings. The summed E-state index contributed by atoms with van der Waals surface area (Å²) >= 11 is 1.37. The van der Waals surface area contributed by atoms with Crippen LogP contribution in [0.3, 0.4) is 0 Å². The van der Waals surface area contributed by atoms with Gasteiger partial charge in [0.25, 0.3) is 5.91 Å².